The first-order valence-electron chi connectivity index (χ1n) is 4.53. The summed E-state index contributed by atoms with van der Waals surface area (Å²) in [6.45, 7) is -2.90. The number of ether oxygens (including phenoxy) is 1. The molecule has 0 saturated heterocycles. The van der Waals surface area contributed by atoms with Gasteiger partial charge in [-0.1, -0.05) is 17.3 Å². The van der Waals surface area contributed by atoms with E-state index in [1.54, 1.807) is 6.07 Å². The number of carbonyl (C=O) groups is 1. The maximum absolute atomic E-state index is 12.0. The number of rotatable bonds is 4. The van der Waals surface area contributed by atoms with Crippen LogP contribution >= 0.6 is 0 Å². The summed E-state index contributed by atoms with van der Waals surface area (Å²) in [4.78, 5) is 14.1. The topological polar surface area (TPSA) is 65.2 Å². The summed E-state index contributed by atoms with van der Waals surface area (Å²) in [5.74, 6) is -0.0676. The molecule has 1 aromatic carbocycles. The summed E-state index contributed by atoms with van der Waals surface area (Å²) < 4.78 is 32.8. The Morgan fingerprint density at radius 2 is 2.24 bits per heavy atom. The van der Waals surface area contributed by atoms with E-state index in [1.165, 1.54) is 18.2 Å². The van der Waals surface area contributed by atoms with E-state index in [-0.39, 0.29) is 17.5 Å². The van der Waals surface area contributed by atoms with Crippen molar-refractivity contribution in [3.63, 3.8) is 0 Å². The molecule has 5 nitrogen and oxygen atoms in total. The summed E-state index contributed by atoms with van der Waals surface area (Å²) in [7, 11) is 0. The fourth-order valence-corrected chi connectivity index (χ4v) is 1.21. The number of aldehydes is 1. The maximum atomic E-state index is 12.0. The number of hydrogen-bond donors (Lipinski definition) is 0. The van der Waals surface area contributed by atoms with E-state index >= 15 is 0 Å². The number of aromatic nitrogens is 2. The van der Waals surface area contributed by atoms with Crippen molar-refractivity contribution < 1.29 is 22.8 Å². The number of benzene rings is 1. The third-order valence-electron chi connectivity index (χ3n) is 1.86. The third kappa shape index (κ3) is 2.63. The summed E-state index contributed by atoms with van der Waals surface area (Å²) in [6.07, 6.45) is 0.399. The molecule has 0 bridgehead atoms. The summed E-state index contributed by atoms with van der Waals surface area (Å²) >= 11 is 0. The molecule has 0 fully saturated rings. The number of hydrogen-bond acceptors (Lipinski definition) is 5. The SMILES string of the molecule is O=Cc1nc(-c2cccc(OC(F)F)c2)no1. The second kappa shape index (κ2) is 4.69. The molecule has 0 atom stereocenters. The molecule has 0 saturated carbocycles. The third-order valence-corrected chi connectivity index (χ3v) is 1.86. The monoisotopic (exact) mass is 240 g/mol. The zero-order valence-electron chi connectivity index (χ0n) is 8.34. The van der Waals surface area contributed by atoms with Crippen LogP contribution in [0.2, 0.25) is 0 Å². The van der Waals surface area contributed by atoms with Gasteiger partial charge in [0.15, 0.2) is 0 Å². The van der Waals surface area contributed by atoms with Crippen LogP contribution < -0.4 is 4.74 Å². The second-order valence-electron chi connectivity index (χ2n) is 2.98. The van der Waals surface area contributed by atoms with Gasteiger partial charge in [-0.2, -0.15) is 13.8 Å². The lowest BCUT2D eigenvalue weighted by Crippen LogP contribution is -2.01. The average Bonchev–Trinajstić information content (AvgIpc) is 2.77. The first-order chi connectivity index (χ1) is 8.19. The molecule has 1 heterocycles. The number of nitrogens with zero attached hydrogens (tertiary/aromatic N) is 2. The Morgan fingerprint density at radius 1 is 1.41 bits per heavy atom. The van der Waals surface area contributed by atoms with Gasteiger partial charge in [-0.15, -0.1) is 0 Å². The summed E-state index contributed by atoms with van der Waals surface area (Å²) in [5.41, 5.74) is 0.417. The Bertz CT molecular complexity index is 528. The lowest BCUT2D eigenvalue weighted by molar-refractivity contribution is -0.0498. The van der Waals surface area contributed by atoms with Crippen molar-refractivity contribution >= 4 is 6.29 Å². The molecule has 0 aliphatic carbocycles. The molecule has 1 aromatic heterocycles. The molecule has 0 aliphatic heterocycles. The Hall–Kier alpha value is -2.31. The summed E-state index contributed by atoms with van der Waals surface area (Å²) in [5, 5.41) is 3.52. The fourth-order valence-electron chi connectivity index (χ4n) is 1.21. The van der Waals surface area contributed by atoms with E-state index in [0.29, 0.717) is 11.8 Å². The first kappa shape index (κ1) is 11.2. The lowest BCUT2D eigenvalue weighted by atomic mass is 10.2. The Balaban J connectivity index is 2.29. The standard InChI is InChI=1S/C10H6F2N2O3/c11-10(12)16-7-3-1-2-6(4-7)9-13-8(5-15)17-14-9/h1-5,10H. The van der Waals surface area contributed by atoms with Crippen molar-refractivity contribution in [3.8, 4) is 17.1 Å². The summed E-state index contributed by atoms with van der Waals surface area (Å²) in [6, 6.07) is 5.78. The molecular weight excluding hydrogens is 234 g/mol. The molecule has 0 unspecified atom stereocenters. The van der Waals surface area contributed by atoms with Crippen LogP contribution in [0, 0.1) is 0 Å². The predicted octanol–water partition coefficient (Wildman–Crippen LogP) is 2.15. The van der Waals surface area contributed by atoms with Crippen LogP contribution in [0.4, 0.5) is 8.78 Å². The highest BCUT2D eigenvalue weighted by molar-refractivity contribution is 5.69. The molecular formula is C10H6F2N2O3. The lowest BCUT2D eigenvalue weighted by Gasteiger charge is -2.04. The Kier molecular flexibility index (Phi) is 3.08. The average molecular weight is 240 g/mol. The molecule has 88 valence electrons. The van der Waals surface area contributed by atoms with Crippen LogP contribution in [0.1, 0.15) is 10.7 Å². The predicted molar refractivity (Wildman–Crippen MR) is 51.8 cm³/mol. The van der Waals surface area contributed by atoms with E-state index in [2.05, 4.69) is 19.4 Å². The van der Waals surface area contributed by atoms with Gasteiger partial charge in [0.1, 0.15) is 5.75 Å². The largest absolute Gasteiger partial charge is 0.435 e. The van der Waals surface area contributed by atoms with E-state index in [0.717, 1.165) is 0 Å². The zero-order valence-corrected chi connectivity index (χ0v) is 8.34. The molecule has 17 heavy (non-hydrogen) atoms. The molecule has 0 N–H and O–H groups in total. The zero-order chi connectivity index (χ0) is 12.3. The molecule has 0 aliphatic rings. The van der Waals surface area contributed by atoms with E-state index < -0.39 is 6.61 Å². The van der Waals surface area contributed by atoms with Crippen molar-refractivity contribution in [2.24, 2.45) is 0 Å². The molecule has 7 heteroatoms. The molecule has 2 aromatic rings. The van der Waals surface area contributed by atoms with Gasteiger partial charge >= 0.3 is 6.61 Å². The fraction of sp³-hybridized carbons (Fsp3) is 0.100. The van der Waals surface area contributed by atoms with Crippen LogP contribution in [0.3, 0.4) is 0 Å². The van der Waals surface area contributed by atoms with Crippen LogP contribution in [-0.4, -0.2) is 23.0 Å². The highest BCUT2D eigenvalue weighted by atomic mass is 19.3. The minimum Gasteiger partial charge on any atom is -0.435 e. The van der Waals surface area contributed by atoms with Crippen LogP contribution in [0.15, 0.2) is 28.8 Å². The minimum absolute atomic E-state index is 0.0186. The van der Waals surface area contributed by atoms with Gasteiger partial charge < -0.3 is 9.26 Å². The van der Waals surface area contributed by atoms with Crippen molar-refractivity contribution in [3.05, 3.63) is 30.2 Å². The van der Waals surface area contributed by atoms with E-state index in [1.807, 2.05) is 0 Å². The van der Waals surface area contributed by atoms with Gasteiger partial charge in [-0.3, -0.25) is 4.79 Å². The number of alkyl halides is 2. The smallest absolute Gasteiger partial charge is 0.387 e. The Labute approximate surface area is 94.0 Å². The Morgan fingerprint density at radius 3 is 2.88 bits per heavy atom. The van der Waals surface area contributed by atoms with Crippen molar-refractivity contribution in [2.45, 2.75) is 6.61 Å². The normalized spacial score (nSPS) is 10.5. The van der Waals surface area contributed by atoms with Crippen molar-refractivity contribution in [1.82, 2.24) is 10.1 Å². The van der Waals surface area contributed by atoms with Gasteiger partial charge in [0.05, 0.1) is 0 Å². The molecule has 2 rings (SSSR count). The van der Waals surface area contributed by atoms with E-state index in [4.69, 9.17) is 0 Å². The number of halogens is 2. The first-order valence-corrected chi connectivity index (χ1v) is 4.53. The second-order valence-corrected chi connectivity index (χ2v) is 2.98. The molecule has 0 amide bonds. The van der Waals surface area contributed by atoms with Gasteiger partial charge in [-0.25, -0.2) is 0 Å². The number of carbonyl (C=O) groups excluding carboxylic acids is 1. The molecule has 0 spiro atoms. The van der Waals surface area contributed by atoms with Crippen molar-refractivity contribution in [1.29, 1.82) is 0 Å². The van der Waals surface area contributed by atoms with Gasteiger partial charge in [0.2, 0.25) is 12.1 Å². The quantitative estimate of drug-likeness (QED) is 0.766. The van der Waals surface area contributed by atoms with Gasteiger partial charge in [0.25, 0.3) is 5.89 Å². The van der Waals surface area contributed by atoms with Crippen LogP contribution in [-0.2, 0) is 0 Å². The van der Waals surface area contributed by atoms with Crippen LogP contribution in [0.25, 0.3) is 11.4 Å². The van der Waals surface area contributed by atoms with Gasteiger partial charge in [-0.05, 0) is 12.1 Å². The highest BCUT2D eigenvalue weighted by Gasteiger charge is 2.10. The molecule has 0 radical (unpaired) electrons. The highest BCUT2D eigenvalue weighted by Crippen LogP contribution is 2.22. The minimum atomic E-state index is -2.90. The van der Waals surface area contributed by atoms with Crippen LogP contribution in [0.5, 0.6) is 5.75 Å². The van der Waals surface area contributed by atoms with Crippen molar-refractivity contribution in [2.75, 3.05) is 0 Å². The maximum Gasteiger partial charge on any atom is 0.387 e. The van der Waals surface area contributed by atoms with Gasteiger partial charge in [0, 0.05) is 5.56 Å². The van der Waals surface area contributed by atoms with E-state index in [9.17, 15) is 13.6 Å².